The van der Waals surface area contributed by atoms with Gasteiger partial charge in [-0.3, -0.25) is 14.3 Å². The fourth-order valence-corrected chi connectivity index (χ4v) is 4.37. The molecular weight excluding hydrogens is 367 g/mol. The normalized spacial score (nSPS) is 17.7. The molecule has 1 fully saturated rings. The van der Waals surface area contributed by atoms with Crippen molar-refractivity contribution < 1.29 is 4.39 Å². The van der Waals surface area contributed by atoms with Crippen LogP contribution in [0.4, 0.5) is 4.39 Å². The highest BCUT2D eigenvalue weighted by atomic mass is 19.1. The van der Waals surface area contributed by atoms with E-state index in [1.165, 1.54) is 12.1 Å². The van der Waals surface area contributed by atoms with E-state index in [9.17, 15) is 9.18 Å². The van der Waals surface area contributed by atoms with Crippen LogP contribution in [0, 0.1) is 11.7 Å². The molecule has 1 aromatic carbocycles. The van der Waals surface area contributed by atoms with Crippen LogP contribution < -0.4 is 5.56 Å². The molecule has 160 valence electrons. The average Bonchev–Trinajstić information content (AvgIpc) is 2.94. The zero-order valence-electron chi connectivity index (χ0n) is 18.3. The summed E-state index contributed by atoms with van der Waals surface area (Å²) in [6, 6.07) is 4.47. The lowest BCUT2D eigenvalue weighted by molar-refractivity contribution is 0.176. The van der Waals surface area contributed by atoms with E-state index in [1.54, 1.807) is 6.07 Å². The number of halogens is 1. The second-order valence-electron chi connectivity index (χ2n) is 8.57. The first-order chi connectivity index (χ1) is 13.9. The molecular formula is C23H35FN4O. The minimum Gasteiger partial charge on any atom is -0.302 e. The molecule has 1 aliphatic heterocycles. The summed E-state index contributed by atoms with van der Waals surface area (Å²) in [7, 11) is 0. The molecule has 1 unspecified atom stereocenters. The Kier molecular flexibility index (Phi) is 7.41. The lowest BCUT2D eigenvalue weighted by Gasteiger charge is -2.32. The van der Waals surface area contributed by atoms with Gasteiger partial charge in [-0.25, -0.2) is 9.37 Å². The number of hydrogen-bond acceptors (Lipinski definition) is 4. The molecule has 6 heteroatoms. The van der Waals surface area contributed by atoms with Crippen molar-refractivity contribution in [3.63, 3.8) is 0 Å². The Labute approximate surface area is 173 Å². The van der Waals surface area contributed by atoms with Gasteiger partial charge >= 0.3 is 0 Å². The standard InChI is InChI=1S/C23H35FN4O/c1-5-8-21(27-12-7-11-26(6-2)13-14-27)22-25-20-10-9-18(24)15-19(20)23(29)28(22)16-17(3)4/h9-10,15,17,21H,5-8,11-14,16H2,1-4H3. The second-order valence-corrected chi connectivity index (χ2v) is 8.57. The Hall–Kier alpha value is -1.79. The highest BCUT2D eigenvalue weighted by Gasteiger charge is 2.27. The maximum Gasteiger partial charge on any atom is 0.261 e. The van der Waals surface area contributed by atoms with Gasteiger partial charge in [-0.1, -0.05) is 34.1 Å². The molecule has 3 rings (SSSR count). The molecule has 0 saturated carbocycles. The molecule has 5 nitrogen and oxygen atoms in total. The first-order valence-corrected chi connectivity index (χ1v) is 11.1. The van der Waals surface area contributed by atoms with Crippen LogP contribution in [-0.4, -0.2) is 52.1 Å². The maximum absolute atomic E-state index is 13.8. The molecule has 2 aromatic rings. The molecule has 1 aromatic heterocycles. The van der Waals surface area contributed by atoms with E-state index in [4.69, 9.17) is 4.98 Å². The van der Waals surface area contributed by atoms with Crippen LogP contribution in [0.15, 0.2) is 23.0 Å². The van der Waals surface area contributed by atoms with E-state index in [0.29, 0.717) is 23.4 Å². The summed E-state index contributed by atoms with van der Waals surface area (Å²) < 4.78 is 15.6. The molecule has 2 heterocycles. The van der Waals surface area contributed by atoms with E-state index in [2.05, 4.69) is 37.5 Å². The van der Waals surface area contributed by atoms with Crippen molar-refractivity contribution in [1.29, 1.82) is 0 Å². The zero-order valence-corrected chi connectivity index (χ0v) is 18.3. The average molecular weight is 403 g/mol. The van der Waals surface area contributed by atoms with E-state index >= 15 is 0 Å². The predicted molar refractivity (Wildman–Crippen MR) is 117 cm³/mol. The SMILES string of the molecule is CCCC(c1nc2ccc(F)cc2c(=O)n1CC(C)C)N1CCCN(CC)CC1. The van der Waals surface area contributed by atoms with Gasteiger partial charge in [-0.2, -0.15) is 0 Å². The van der Waals surface area contributed by atoms with Crippen molar-refractivity contribution in [2.45, 2.75) is 59.5 Å². The third-order valence-electron chi connectivity index (χ3n) is 5.86. The summed E-state index contributed by atoms with van der Waals surface area (Å²) in [5, 5.41) is 0.373. The number of hydrogen-bond donors (Lipinski definition) is 0. The lowest BCUT2D eigenvalue weighted by Crippen LogP contribution is -2.38. The molecule has 0 N–H and O–H groups in total. The Balaban J connectivity index is 2.09. The molecule has 0 amide bonds. The third-order valence-corrected chi connectivity index (χ3v) is 5.86. The van der Waals surface area contributed by atoms with E-state index in [1.807, 2.05) is 4.57 Å². The molecule has 0 bridgehead atoms. The topological polar surface area (TPSA) is 41.4 Å². The van der Waals surface area contributed by atoms with Crippen LogP contribution in [0.3, 0.4) is 0 Å². The van der Waals surface area contributed by atoms with E-state index < -0.39 is 5.82 Å². The van der Waals surface area contributed by atoms with Gasteiger partial charge < -0.3 is 4.90 Å². The molecule has 1 aliphatic rings. The first kappa shape index (κ1) is 21.9. The highest BCUT2D eigenvalue weighted by molar-refractivity contribution is 5.77. The third kappa shape index (κ3) is 5.04. The van der Waals surface area contributed by atoms with Gasteiger partial charge in [0.05, 0.1) is 16.9 Å². The second kappa shape index (κ2) is 9.81. The maximum atomic E-state index is 13.8. The van der Waals surface area contributed by atoms with Gasteiger partial charge in [0, 0.05) is 26.2 Å². The summed E-state index contributed by atoms with van der Waals surface area (Å²) in [6.45, 7) is 14.4. The lowest BCUT2D eigenvalue weighted by atomic mass is 10.1. The largest absolute Gasteiger partial charge is 0.302 e. The summed E-state index contributed by atoms with van der Waals surface area (Å²) in [5.41, 5.74) is 0.474. The first-order valence-electron chi connectivity index (χ1n) is 11.1. The van der Waals surface area contributed by atoms with Crippen molar-refractivity contribution >= 4 is 10.9 Å². The summed E-state index contributed by atoms with van der Waals surface area (Å²) in [5.74, 6) is 0.758. The number of fused-ring (bicyclic) bond motifs is 1. The van der Waals surface area contributed by atoms with Crippen LogP contribution in [0.5, 0.6) is 0 Å². The summed E-state index contributed by atoms with van der Waals surface area (Å²) >= 11 is 0. The van der Waals surface area contributed by atoms with Crippen molar-refractivity contribution in [3.8, 4) is 0 Å². The fraction of sp³-hybridized carbons (Fsp3) is 0.652. The minimum absolute atomic E-state index is 0.109. The Bertz CT molecular complexity index is 879. The number of benzene rings is 1. The summed E-state index contributed by atoms with van der Waals surface area (Å²) in [6.07, 6.45) is 3.11. The van der Waals surface area contributed by atoms with E-state index in [-0.39, 0.29) is 11.6 Å². The fourth-order valence-electron chi connectivity index (χ4n) is 4.37. The van der Waals surface area contributed by atoms with Gasteiger partial charge in [0.25, 0.3) is 5.56 Å². The van der Waals surface area contributed by atoms with Gasteiger partial charge in [-0.15, -0.1) is 0 Å². The molecule has 0 spiro atoms. The number of likely N-dealkylation sites (N-methyl/N-ethyl adjacent to an activating group) is 1. The van der Waals surface area contributed by atoms with Crippen molar-refractivity contribution in [3.05, 3.63) is 40.2 Å². The van der Waals surface area contributed by atoms with Crippen LogP contribution in [0.25, 0.3) is 10.9 Å². The Morgan fingerprint density at radius 3 is 2.62 bits per heavy atom. The quantitative estimate of drug-likeness (QED) is 0.700. The smallest absolute Gasteiger partial charge is 0.261 e. The minimum atomic E-state index is -0.391. The number of rotatable bonds is 7. The van der Waals surface area contributed by atoms with Crippen molar-refractivity contribution in [2.24, 2.45) is 5.92 Å². The predicted octanol–water partition coefficient (Wildman–Crippen LogP) is 4.06. The van der Waals surface area contributed by atoms with Crippen molar-refractivity contribution in [1.82, 2.24) is 19.4 Å². The van der Waals surface area contributed by atoms with Gasteiger partial charge in [0.2, 0.25) is 0 Å². The number of nitrogens with zero attached hydrogens (tertiary/aromatic N) is 4. The van der Waals surface area contributed by atoms with Crippen LogP contribution in [0.2, 0.25) is 0 Å². The van der Waals surface area contributed by atoms with Crippen LogP contribution >= 0.6 is 0 Å². The number of aromatic nitrogens is 2. The van der Waals surface area contributed by atoms with Crippen LogP contribution in [0.1, 0.15) is 58.8 Å². The Morgan fingerprint density at radius 2 is 1.93 bits per heavy atom. The van der Waals surface area contributed by atoms with Gasteiger partial charge in [0.1, 0.15) is 11.6 Å². The van der Waals surface area contributed by atoms with Crippen molar-refractivity contribution in [2.75, 3.05) is 32.7 Å². The zero-order chi connectivity index (χ0) is 21.0. The molecule has 0 radical (unpaired) electrons. The molecule has 0 aliphatic carbocycles. The molecule has 1 saturated heterocycles. The highest BCUT2D eigenvalue weighted by Crippen LogP contribution is 2.27. The van der Waals surface area contributed by atoms with Gasteiger partial charge in [0.15, 0.2) is 0 Å². The monoisotopic (exact) mass is 402 g/mol. The molecule has 1 atom stereocenters. The van der Waals surface area contributed by atoms with Gasteiger partial charge in [-0.05, 0) is 50.0 Å². The van der Waals surface area contributed by atoms with E-state index in [0.717, 1.165) is 57.8 Å². The van der Waals surface area contributed by atoms with Crippen LogP contribution in [-0.2, 0) is 6.54 Å². The Morgan fingerprint density at radius 1 is 1.14 bits per heavy atom. The molecule has 29 heavy (non-hydrogen) atoms. The summed E-state index contributed by atoms with van der Waals surface area (Å²) in [4.78, 5) is 23.3.